The van der Waals surface area contributed by atoms with E-state index >= 15 is 0 Å². The van der Waals surface area contributed by atoms with Crippen LogP contribution in [-0.4, -0.2) is 22.8 Å². The van der Waals surface area contributed by atoms with E-state index in [0.29, 0.717) is 6.54 Å². The molecule has 3 aromatic carbocycles. The fourth-order valence-corrected chi connectivity index (χ4v) is 3.91. The summed E-state index contributed by atoms with van der Waals surface area (Å²) in [6.07, 6.45) is 0. The second kappa shape index (κ2) is 5.63. The van der Waals surface area contributed by atoms with Crippen molar-refractivity contribution in [3.63, 3.8) is 0 Å². The van der Waals surface area contributed by atoms with Crippen molar-refractivity contribution < 1.29 is 13.9 Å². The van der Waals surface area contributed by atoms with E-state index in [-0.39, 0.29) is 17.6 Å². The highest BCUT2D eigenvalue weighted by Crippen LogP contribution is 2.37. The first kappa shape index (κ1) is 15.0. The highest BCUT2D eigenvalue weighted by Gasteiger charge is 2.41. The van der Waals surface area contributed by atoms with E-state index in [4.69, 9.17) is 0 Å². The summed E-state index contributed by atoms with van der Waals surface area (Å²) in [5.74, 6) is -0.675. The molecule has 1 fully saturated rings. The number of hydrazone groups is 1. The van der Waals surface area contributed by atoms with Gasteiger partial charge in [-0.15, -0.1) is 10.1 Å². The molecule has 1 N–H and O–H groups in total. The van der Waals surface area contributed by atoms with Gasteiger partial charge >= 0.3 is 0 Å². The van der Waals surface area contributed by atoms with Crippen LogP contribution >= 0.6 is 0 Å². The lowest BCUT2D eigenvalue weighted by Gasteiger charge is -2.02. The minimum absolute atomic E-state index is 0.0639. The van der Waals surface area contributed by atoms with Gasteiger partial charge in [-0.05, 0) is 41.0 Å². The van der Waals surface area contributed by atoms with Gasteiger partial charge in [0.2, 0.25) is 5.71 Å². The van der Waals surface area contributed by atoms with Gasteiger partial charge in [0, 0.05) is 0 Å². The van der Waals surface area contributed by atoms with E-state index in [1.54, 1.807) is 12.1 Å². The number of carbonyl (C=O) groups excluding carboxylic acids is 1. The second-order valence-corrected chi connectivity index (χ2v) is 6.63. The zero-order chi connectivity index (χ0) is 17.7. The number of nitrogens with one attached hydrogen (secondary N) is 1. The van der Waals surface area contributed by atoms with Crippen molar-refractivity contribution in [2.75, 3.05) is 6.54 Å². The largest absolute Gasteiger partial charge is 0.288 e. The topological polar surface area (TPSA) is 32.1 Å². The van der Waals surface area contributed by atoms with Crippen LogP contribution in [-0.2, 0) is 4.79 Å². The Bertz CT molecular complexity index is 1020. The van der Waals surface area contributed by atoms with Crippen LogP contribution in [0.1, 0.15) is 22.6 Å². The van der Waals surface area contributed by atoms with Gasteiger partial charge < -0.3 is 0 Å². The summed E-state index contributed by atoms with van der Waals surface area (Å²) in [6.45, 7) is 0.516. The van der Waals surface area contributed by atoms with Crippen LogP contribution in [0, 0.1) is 5.82 Å². The van der Waals surface area contributed by atoms with Crippen molar-refractivity contribution in [1.29, 1.82) is 0 Å². The Hall–Kier alpha value is -3.27. The normalized spacial score (nSPS) is 17.9. The van der Waals surface area contributed by atoms with Gasteiger partial charge in [0.25, 0.3) is 5.91 Å². The molecule has 5 rings (SSSR count). The standard InChI is InChI=1S/C22H15FN2O/c23-15-11-9-14(10-12-15)20-13-25(24-22(20)26)21-18-7-3-1-5-16(18)17-6-2-4-8-19(17)21/h1-12,20H,13H2/p+1. The third kappa shape index (κ3) is 2.19. The first-order chi connectivity index (χ1) is 12.7. The number of hydrogen-bond donors (Lipinski definition) is 1. The molecule has 1 heterocycles. The van der Waals surface area contributed by atoms with Crippen molar-refractivity contribution in [3.05, 3.63) is 95.3 Å². The molecule has 1 aliphatic heterocycles. The monoisotopic (exact) mass is 343 g/mol. The lowest BCUT2D eigenvalue weighted by Crippen LogP contribution is -2.30. The molecule has 2 aliphatic rings. The Balaban J connectivity index is 1.64. The average Bonchev–Trinajstić information content (AvgIpc) is 3.20. The van der Waals surface area contributed by atoms with E-state index in [2.05, 4.69) is 29.7 Å². The molecule has 4 heteroatoms. The number of hydrazine groups is 1. The van der Waals surface area contributed by atoms with Crippen LogP contribution in [0.5, 0.6) is 0 Å². The van der Waals surface area contributed by atoms with Gasteiger partial charge in [-0.1, -0.05) is 48.5 Å². The Labute approximate surface area is 150 Å². The fourth-order valence-electron chi connectivity index (χ4n) is 3.91. The number of nitrogens with zero attached hydrogens (tertiary/aromatic N) is 1. The lowest BCUT2D eigenvalue weighted by molar-refractivity contribution is -0.558. The molecule has 1 saturated heterocycles. The molecule has 0 saturated carbocycles. The van der Waals surface area contributed by atoms with Crippen LogP contribution < -0.4 is 5.43 Å². The van der Waals surface area contributed by atoms with Crippen LogP contribution in [0.2, 0.25) is 0 Å². The number of halogens is 1. The molecular formula is C22H16FN2O+. The summed E-state index contributed by atoms with van der Waals surface area (Å²) in [7, 11) is 0. The molecule has 26 heavy (non-hydrogen) atoms. The quantitative estimate of drug-likeness (QED) is 0.527. The smallest absolute Gasteiger partial charge is 0.268 e. The highest BCUT2D eigenvalue weighted by atomic mass is 19.1. The van der Waals surface area contributed by atoms with E-state index < -0.39 is 0 Å². The number of fused-ring (bicyclic) bond motifs is 3. The van der Waals surface area contributed by atoms with Crippen molar-refractivity contribution in [1.82, 2.24) is 5.43 Å². The van der Waals surface area contributed by atoms with E-state index in [0.717, 1.165) is 22.4 Å². The SMILES string of the molecule is O=C1N[N+](=C2c3ccccc3-c3ccccc32)CC1c1ccc(F)cc1. The zero-order valence-electron chi connectivity index (χ0n) is 13.9. The van der Waals surface area contributed by atoms with Gasteiger partial charge in [0.05, 0.1) is 11.1 Å². The van der Waals surface area contributed by atoms with Crippen LogP contribution in [0.15, 0.2) is 72.8 Å². The lowest BCUT2D eigenvalue weighted by atomic mass is 9.99. The van der Waals surface area contributed by atoms with Gasteiger partial charge in [-0.25, -0.2) is 4.39 Å². The summed E-state index contributed by atoms with van der Waals surface area (Å²) >= 11 is 0. The Kier molecular flexibility index (Phi) is 3.25. The zero-order valence-corrected chi connectivity index (χ0v) is 13.9. The number of carbonyl (C=O) groups is 1. The fraction of sp³-hybridized carbons (Fsp3) is 0.0909. The molecular weight excluding hydrogens is 327 g/mol. The minimum atomic E-state index is -0.317. The molecule has 1 amide bonds. The predicted molar refractivity (Wildman–Crippen MR) is 97.5 cm³/mol. The van der Waals surface area contributed by atoms with Gasteiger partial charge in [0.1, 0.15) is 11.7 Å². The maximum absolute atomic E-state index is 13.2. The molecule has 0 radical (unpaired) electrons. The maximum atomic E-state index is 13.2. The first-order valence-corrected chi connectivity index (χ1v) is 8.62. The van der Waals surface area contributed by atoms with Crippen molar-refractivity contribution in [2.45, 2.75) is 5.92 Å². The third-order valence-electron chi connectivity index (χ3n) is 5.12. The van der Waals surface area contributed by atoms with Crippen molar-refractivity contribution in [3.8, 4) is 11.1 Å². The molecule has 1 aliphatic carbocycles. The molecule has 126 valence electrons. The number of hydrogen-bond acceptors (Lipinski definition) is 1. The molecule has 0 bridgehead atoms. The van der Waals surface area contributed by atoms with Crippen molar-refractivity contribution in [2.24, 2.45) is 0 Å². The molecule has 1 atom stereocenters. The Morgan fingerprint density at radius 1 is 0.808 bits per heavy atom. The molecule has 0 aromatic heterocycles. The predicted octanol–water partition coefficient (Wildman–Crippen LogP) is 3.48. The van der Waals surface area contributed by atoms with E-state index in [9.17, 15) is 9.18 Å². The van der Waals surface area contributed by atoms with Gasteiger partial charge in [0.15, 0.2) is 6.54 Å². The van der Waals surface area contributed by atoms with Crippen LogP contribution in [0.4, 0.5) is 4.39 Å². The molecule has 3 nitrogen and oxygen atoms in total. The van der Waals surface area contributed by atoms with Gasteiger partial charge in [-0.2, -0.15) is 0 Å². The molecule has 3 aromatic rings. The molecule has 1 unspecified atom stereocenters. The second-order valence-electron chi connectivity index (χ2n) is 6.63. The number of benzene rings is 3. The summed E-state index contributed by atoms with van der Waals surface area (Å²) in [5, 5.41) is 0. The number of amides is 1. The summed E-state index contributed by atoms with van der Waals surface area (Å²) in [5.41, 5.74) is 9.45. The summed E-state index contributed by atoms with van der Waals surface area (Å²) in [4.78, 5) is 12.6. The third-order valence-corrected chi connectivity index (χ3v) is 5.12. The number of rotatable bonds is 1. The molecule has 0 spiro atoms. The van der Waals surface area contributed by atoms with E-state index in [1.165, 1.54) is 23.3 Å². The average molecular weight is 343 g/mol. The highest BCUT2D eigenvalue weighted by molar-refractivity contribution is 6.22. The van der Waals surface area contributed by atoms with Crippen LogP contribution in [0.3, 0.4) is 0 Å². The summed E-state index contributed by atoms with van der Waals surface area (Å²) < 4.78 is 15.1. The van der Waals surface area contributed by atoms with Crippen molar-refractivity contribution >= 4 is 11.6 Å². The Morgan fingerprint density at radius 3 is 1.92 bits per heavy atom. The Morgan fingerprint density at radius 2 is 1.35 bits per heavy atom. The van der Waals surface area contributed by atoms with Gasteiger partial charge in [-0.3, -0.25) is 4.79 Å². The van der Waals surface area contributed by atoms with E-state index in [1.807, 2.05) is 28.9 Å². The minimum Gasteiger partial charge on any atom is -0.268 e. The maximum Gasteiger partial charge on any atom is 0.288 e. The first-order valence-electron chi connectivity index (χ1n) is 8.62. The summed E-state index contributed by atoms with van der Waals surface area (Å²) in [6, 6.07) is 22.6. The van der Waals surface area contributed by atoms with Crippen LogP contribution in [0.25, 0.3) is 11.1 Å².